The predicted octanol–water partition coefficient (Wildman–Crippen LogP) is 2.47. The van der Waals surface area contributed by atoms with Crippen molar-refractivity contribution >= 4 is 21.6 Å². The van der Waals surface area contributed by atoms with Crippen LogP contribution in [0.25, 0.3) is 0 Å². The summed E-state index contributed by atoms with van der Waals surface area (Å²) in [7, 11) is 0. The summed E-state index contributed by atoms with van der Waals surface area (Å²) in [4.78, 5) is 0. The SMILES string of the molecule is Nc1cc(Br)ccc1C(O)C1CC1. The molecule has 0 radical (unpaired) electrons. The highest BCUT2D eigenvalue weighted by atomic mass is 79.9. The summed E-state index contributed by atoms with van der Waals surface area (Å²) in [5, 5.41) is 9.84. The molecule has 0 aromatic heterocycles. The van der Waals surface area contributed by atoms with Gasteiger partial charge in [-0.25, -0.2) is 0 Å². The first kappa shape index (κ1) is 9.03. The fraction of sp³-hybridized carbons (Fsp3) is 0.400. The van der Waals surface area contributed by atoms with Gasteiger partial charge in [0.1, 0.15) is 0 Å². The molecule has 1 fully saturated rings. The first-order valence-electron chi connectivity index (χ1n) is 4.41. The predicted molar refractivity (Wildman–Crippen MR) is 56.2 cm³/mol. The van der Waals surface area contributed by atoms with E-state index in [0.717, 1.165) is 22.9 Å². The fourth-order valence-electron chi connectivity index (χ4n) is 1.48. The van der Waals surface area contributed by atoms with Crippen LogP contribution in [0.15, 0.2) is 22.7 Å². The van der Waals surface area contributed by atoms with Crippen LogP contribution in [0.5, 0.6) is 0 Å². The lowest BCUT2D eigenvalue weighted by atomic mass is 10.0. The van der Waals surface area contributed by atoms with Crippen molar-refractivity contribution in [2.24, 2.45) is 5.92 Å². The minimum atomic E-state index is -0.368. The van der Waals surface area contributed by atoms with Crippen LogP contribution in [0.4, 0.5) is 5.69 Å². The Kier molecular flexibility index (Phi) is 2.30. The van der Waals surface area contributed by atoms with Crippen molar-refractivity contribution < 1.29 is 5.11 Å². The Morgan fingerprint density at radius 2 is 2.15 bits per heavy atom. The monoisotopic (exact) mass is 241 g/mol. The van der Waals surface area contributed by atoms with E-state index >= 15 is 0 Å². The summed E-state index contributed by atoms with van der Waals surface area (Å²) in [6.45, 7) is 0. The van der Waals surface area contributed by atoms with Crippen LogP contribution in [0, 0.1) is 5.92 Å². The Bertz CT molecular complexity index is 323. The molecule has 0 amide bonds. The second-order valence-electron chi connectivity index (χ2n) is 3.56. The molecule has 0 aliphatic heterocycles. The standard InChI is InChI=1S/C10H12BrNO/c11-7-3-4-8(9(12)5-7)10(13)6-1-2-6/h3-6,10,13H,1-2,12H2. The molecule has 0 heterocycles. The third-order valence-electron chi connectivity index (χ3n) is 2.44. The summed E-state index contributed by atoms with van der Waals surface area (Å²) >= 11 is 3.34. The van der Waals surface area contributed by atoms with Gasteiger partial charge in [0, 0.05) is 15.7 Å². The molecule has 3 N–H and O–H groups in total. The average Bonchev–Trinajstić information content (AvgIpc) is 2.85. The van der Waals surface area contributed by atoms with Crippen LogP contribution in [-0.4, -0.2) is 5.11 Å². The molecule has 2 nitrogen and oxygen atoms in total. The minimum Gasteiger partial charge on any atom is -0.398 e. The average molecular weight is 242 g/mol. The summed E-state index contributed by atoms with van der Waals surface area (Å²) in [6.07, 6.45) is 1.88. The van der Waals surface area contributed by atoms with E-state index in [0.29, 0.717) is 11.6 Å². The van der Waals surface area contributed by atoms with Gasteiger partial charge in [0.05, 0.1) is 6.10 Å². The molecule has 1 aromatic carbocycles. The highest BCUT2D eigenvalue weighted by molar-refractivity contribution is 9.10. The van der Waals surface area contributed by atoms with Crippen LogP contribution in [-0.2, 0) is 0 Å². The molecule has 1 unspecified atom stereocenters. The number of anilines is 1. The zero-order valence-electron chi connectivity index (χ0n) is 7.20. The van der Waals surface area contributed by atoms with E-state index in [4.69, 9.17) is 5.73 Å². The molecule has 0 saturated heterocycles. The number of hydrogen-bond acceptors (Lipinski definition) is 2. The Labute approximate surface area is 85.9 Å². The Balaban J connectivity index is 2.28. The lowest BCUT2D eigenvalue weighted by molar-refractivity contribution is 0.154. The smallest absolute Gasteiger partial charge is 0.0838 e. The molecule has 0 spiro atoms. The van der Waals surface area contributed by atoms with Gasteiger partial charge in [0.15, 0.2) is 0 Å². The summed E-state index contributed by atoms with van der Waals surface area (Å²) in [5.41, 5.74) is 7.34. The molecule has 2 rings (SSSR count). The first-order chi connectivity index (χ1) is 6.18. The number of aliphatic hydroxyl groups excluding tert-OH is 1. The minimum absolute atomic E-state index is 0.368. The third-order valence-corrected chi connectivity index (χ3v) is 2.93. The van der Waals surface area contributed by atoms with Crippen molar-refractivity contribution in [2.75, 3.05) is 5.73 Å². The number of nitrogen functional groups attached to an aromatic ring is 1. The number of benzene rings is 1. The number of halogens is 1. The Morgan fingerprint density at radius 1 is 1.46 bits per heavy atom. The fourth-order valence-corrected chi connectivity index (χ4v) is 1.86. The highest BCUT2D eigenvalue weighted by Gasteiger charge is 2.31. The summed E-state index contributed by atoms with van der Waals surface area (Å²) in [6, 6.07) is 5.64. The van der Waals surface area contributed by atoms with E-state index in [1.165, 1.54) is 0 Å². The second-order valence-corrected chi connectivity index (χ2v) is 4.47. The largest absolute Gasteiger partial charge is 0.398 e. The van der Waals surface area contributed by atoms with Gasteiger partial charge in [0.2, 0.25) is 0 Å². The highest BCUT2D eigenvalue weighted by Crippen LogP contribution is 2.42. The zero-order chi connectivity index (χ0) is 9.42. The lowest BCUT2D eigenvalue weighted by Gasteiger charge is -2.12. The second kappa shape index (κ2) is 3.31. The van der Waals surface area contributed by atoms with Crippen LogP contribution in [0.3, 0.4) is 0 Å². The summed E-state index contributed by atoms with van der Waals surface area (Å²) in [5.74, 6) is 0.434. The number of aliphatic hydroxyl groups is 1. The molecule has 1 saturated carbocycles. The molecule has 70 valence electrons. The topological polar surface area (TPSA) is 46.2 Å². The zero-order valence-corrected chi connectivity index (χ0v) is 8.79. The van der Waals surface area contributed by atoms with Crippen molar-refractivity contribution in [1.82, 2.24) is 0 Å². The van der Waals surface area contributed by atoms with E-state index in [9.17, 15) is 5.11 Å². The van der Waals surface area contributed by atoms with Gasteiger partial charge in [-0.15, -0.1) is 0 Å². The van der Waals surface area contributed by atoms with Crippen molar-refractivity contribution in [2.45, 2.75) is 18.9 Å². The van der Waals surface area contributed by atoms with Crippen molar-refractivity contribution in [3.8, 4) is 0 Å². The van der Waals surface area contributed by atoms with E-state index < -0.39 is 0 Å². The van der Waals surface area contributed by atoms with Gasteiger partial charge in [-0.05, 0) is 30.9 Å². The van der Waals surface area contributed by atoms with Crippen molar-refractivity contribution in [3.63, 3.8) is 0 Å². The molecule has 3 heteroatoms. The van der Waals surface area contributed by atoms with Gasteiger partial charge in [0.25, 0.3) is 0 Å². The first-order valence-corrected chi connectivity index (χ1v) is 5.21. The van der Waals surface area contributed by atoms with Gasteiger partial charge in [-0.1, -0.05) is 22.0 Å². The Hall–Kier alpha value is -0.540. The van der Waals surface area contributed by atoms with Crippen LogP contribution < -0.4 is 5.73 Å². The maximum atomic E-state index is 9.84. The van der Waals surface area contributed by atoms with Crippen molar-refractivity contribution in [1.29, 1.82) is 0 Å². The van der Waals surface area contributed by atoms with Crippen molar-refractivity contribution in [3.05, 3.63) is 28.2 Å². The molecule has 13 heavy (non-hydrogen) atoms. The van der Waals surface area contributed by atoms with Gasteiger partial charge in [-0.3, -0.25) is 0 Å². The molecule has 1 aliphatic carbocycles. The molecule has 1 aromatic rings. The number of nitrogens with two attached hydrogens (primary N) is 1. The molecule has 1 atom stereocenters. The number of rotatable bonds is 2. The maximum Gasteiger partial charge on any atom is 0.0838 e. The summed E-state index contributed by atoms with van der Waals surface area (Å²) < 4.78 is 0.955. The van der Waals surface area contributed by atoms with Gasteiger partial charge >= 0.3 is 0 Å². The van der Waals surface area contributed by atoms with E-state index in [1.54, 1.807) is 0 Å². The quantitative estimate of drug-likeness (QED) is 0.782. The molecule has 0 bridgehead atoms. The van der Waals surface area contributed by atoms with Crippen LogP contribution in [0.1, 0.15) is 24.5 Å². The Morgan fingerprint density at radius 3 is 2.69 bits per heavy atom. The van der Waals surface area contributed by atoms with E-state index in [2.05, 4.69) is 15.9 Å². The normalized spacial score (nSPS) is 18.6. The van der Waals surface area contributed by atoms with Crippen LogP contribution in [0.2, 0.25) is 0 Å². The van der Waals surface area contributed by atoms with Crippen LogP contribution >= 0.6 is 15.9 Å². The maximum absolute atomic E-state index is 9.84. The lowest BCUT2D eigenvalue weighted by Crippen LogP contribution is -2.03. The van der Waals surface area contributed by atoms with E-state index in [1.807, 2.05) is 18.2 Å². The molecular weight excluding hydrogens is 230 g/mol. The van der Waals surface area contributed by atoms with Gasteiger partial charge in [-0.2, -0.15) is 0 Å². The molecule has 1 aliphatic rings. The van der Waals surface area contributed by atoms with E-state index in [-0.39, 0.29) is 6.10 Å². The molecular formula is C10H12BrNO. The third kappa shape index (κ3) is 1.86. The van der Waals surface area contributed by atoms with Gasteiger partial charge < -0.3 is 10.8 Å². The number of hydrogen-bond donors (Lipinski definition) is 2.